The van der Waals surface area contributed by atoms with E-state index < -0.39 is 0 Å². The molecule has 0 nitrogen and oxygen atoms in total. The molecule has 0 bridgehead atoms. The highest BCUT2D eigenvalue weighted by Gasteiger charge is 2.60. The topological polar surface area (TPSA) is 0 Å². The molecule has 3 rings (SSSR count). The second-order valence-electron chi connectivity index (χ2n) is 8.62. The third kappa shape index (κ3) is 2.48. The van der Waals surface area contributed by atoms with E-state index in [1.807, 2.05) is 11.1 Å². The highest BCUT2D eigenvalue weighted by Crippen LogP contribution is 2.69. The van der Waals surface area contributed by atoms with Crippen LogP contribution in [-0.2, 0) is 0 Å². The molecule has 0 spiro atoms. The number of allylic oxidation sites excluding steroid dienone is 2. The number of fused-ring (bicyclic) bond motifs is 1. The van der Waals surface area contributed by atoms with Crippen molar-refractivity contribution in [3.05, 3.63) is 11.1 Å². The summed E-state index contributed by atoms with van der Waals surface area (Å²) < 4.78 is 0. The molecule has 0 N–H and O–H groups in total. The van der Waals surface area contributed by atoms with Gasteiger partial charge in [0.15, 0.2) is 0 Å². The van der Waals surface area contributed by atoms with Gasteiger partial charge in [-0.2, -0.15) is 0 Å². The summed E-state index contributed by atoms with van der Waals surface area (Å²) in [4.78, 5) is 0. The molecule has 3 aliphatic carbocycles. The van der Waals surface area contributed by atoms with Crippen molar-refractivity contribution in [3.8, 4) is 0 Å². The zero-order valence-corrected chi connectivity index (χ0v) is 14.3. The van der Waals surface area contributed by atoms with Crippen LogP contribution >= 0.6 is 0 Å². The van der Waals surface area contributed by atoms with Gasteiger partial charge in [0.05, 0.1) is 0 Å². The smallest absolute Gasteiger partial charge is 0.0135 e. The van der Waals surface area contributed by atoms with E-state index in [0.29, 0.717) is 0 Å². The average Bonchev–Trinajstić information content (AvgIpc) is 2.96. The lowest BCUT2D eigenvalue weighted by atomic mass is 9.62. The Hall–Kier alpha value is -0.260. The van der Waals surface area contributed by atoms with E-state index >= 15 is 0 Å². The molecule has 0 heteroatoms. The summed E-state index contributed by atoms with van der Waals surface area (Å²) in [7, 11) is 0. The van der Waals surface area contributed by atoms with Gasteiger partial charge < -0.3 is 0 Å². The van der Waals surface area contributed by atoms with E-state index in [0.717, 1.165) is 41.4 Å². The molecule has 0 heterocycles. The maximum atomic E-state index is 2.48. The van der Waals surface area contributed by atoms with Crippen LogP contribution in [0, 0.1) is 41.4 Å². The monoisotopic (exact) mass is 274 g/mol. The molecule has 0 saturated heterocycles. The summed E-state index contributed by atoms with van der Waals surface area (Å²) in [6, 6.07) is 0. The fraction of sp³-hybridized carbons (Fsp3) is 0.900. The second-order valence-corrected chi connectivity index (χ2v) is 8.62. The van der Waals surface area contributed by atoms with Crippen LogP contribution in [0.4, 0.5) is 0 Å². The van der Waals surface area contributed by atoms with Crippen molar-refractivity contribution in [2.45, 2.75) is 73.1 Å². The van der Waals surface area contributed by atoms with Crippen LogP contribution in [0.1, 0.15) is 73.1 Å². The predicted octanol–water partition coefficient (Wildman–Crippen LogP) is 6.08. The minimum atomic E-state index is 0.896. The SMILES string of the molecule is CCC(C)CC1C(=C2CC3C(CCC(C)C)C23)CC1C. The van der Waals surface area contributed by atoms with Crippen molar-refractivity contribution in [3.63, 3.8) is 0 Å². The second kappa shape index (κ2) is 5.50. The maximum absolute atomic E-state index is 2.48. The number of rotatable bonds is 6. The van der Waals surface area contributed by atoms with E-state index in [1.165, 1.54) is 38.5 Å². The molecule has 0 radical (unpaired) electrons. The molecule has 3 saturated carbocycles. The molecule has 0 amide bonds. The highest BCUT2D eigenvalue weighted by molar-refractivity contribution is 5.39. The van der Waals surface area contributed by atoms with Crippen molar-refractivity contribution < 1.29 is 0 Å². The number of hydrogen-bond donors (Lipinski definition) is 0. The Labute approximate surface area is 126 Å². The van der Waals surface area contributed by atoms with E-state index in [-0.39, 0.29) is 0 Å². The van der Waals surface area contributed by atoms with Gasteiger partial charge in [-0.3, -0.25) is 0 Å². The minimum absolute atomic E-state index is 0.896. The first-order valence-electron chi connectivity index (χ1n) is 9.24. The Morgan fingerprint density at radius 2 is 1.85 bits per heavy atom. The Morgan fingerprint density at radius 1 is 1.10 bits per heavy atom. The standard InChI is InChI=1S/C20H34/c1-6-13(4)9-16-14(5)10-17(16)19-11-18-15(20(18)19)8-7-12(2)3/h12-16,18,20H,6-11H2,1-5H3. The maximum Gasteiger partial charge on any atom is -0.0135 e. The molecular formula is C20H34. The summed E-state index contributed by atoms with van der Waals surface area (Å²) in [5, 5.41) is 0. The molecule has 3 fully saturated rings. The largest absolute Gasteiger partial charge is 0.0670 e. The van der Waals surface area contributed by atoms with Gasteiger partial charge in [-0.25, -0.2) is 0 Å². The normalized spacial score (nSPS) is 43.8. The highest BCUT2D eigenvalue weighted by atomic mass is 14.6. The van der Waals surface area contributed by atoms with Crippen molar-refractivity contribution in [1.29, 1.82) is 0 Å². The van der Waals surface area contributed by atoms with E-state index in [4.69, 9.17) is 0 Å². The van der Waals surface area contributed by atoms with Crippen LogP contribution < -0.4 is 0 Å². The Kier molecular flexibility index (Phi) is 4.04. The molecule has 6 unspecified atom stereocenters. The van der Waals surface area contributed by atoms with Gasteiger partial charge in [-0.1, -0.05) is 58.6 Å². The summed E-state index contributed by atoms with van der Waals surface area (Å²) in [5.74, 6) is 7.04. The van der Waals surface area contributed by atoms with Crippen molar-refractivity contribution in [2.75, 3.05) is 0 Å². The Balaban J connectivity index is 1.57. The molecular weight excluding hydrogens is 240 g/mol. The lowest BCUT2D eigenvalue weighted by molar-refractivity contribution is 0.237. The van der Waals surface area contributed by atoms with Crippen LogP contribution in [-0.4, -0.2) is 0 Å². The summed E-state index contributed by atoms with van der Waals surface area (Å²) in [6.07, 6.45) is 8.71. The zero-order valence-electron chi connectivity index (χ0n) is 14.3. The average molecular weight is 274 g/mol. The van der Waals surface area contributed by atoms with E-state index in [1.54, 1.807) is 0 Å². The molecule has 0 aromatic heterocycles. The minimum Gasteiger partial charge on any atom is -0.0670 e. The Morgan fingerprint density at radius 3 is 2.45 bits per heavy atom. The Bertz CT molecular complexity index is 389. The van der Waals surface area contributed by atoms with Gasteiger partial charge in [0.25, 0.3) is 0 Å². The van der Waals surface area contributed by atoms with E-state index in [2.05, 4.69) is 34.6 Å². The third-order valence-corrected chi connectivity index (χ3v) is 6.71. The van der Waals surface area contributed by atoms with Gasteiger partial charge >= 0.3 is 0 Å². The van der Waals surface area contributed by atoms with Crippen LogP contribution in [0.15, 0.2) is 11.1 Å². The molecule has 20 heavy (non-hydrogen) atoms. The quantitative estimate of drug-likeness (QED) is 0.515. The van der Waals surface area contributed by atoms with Gasteiger partial charge in [0, 0.05) is 0 Å². The van der Waals surface area contributed by atoms with Crippen molar-refractivity contribution in [1.82, 2.24) is 0 Å². The first-order valence-corrected chi connectivity index (χ1v) is 9.24. The number of hydrogen-bond acceptors (Lipinski definition) is 0. The lowest BCUT2D eigenvalue weighted by Crippen LogP contribution is -2.31. The van der Waals surface area contributed by atoms with Crippen molar-refractivity contribution in [2.24, 2.45) is 41.4 Å². The third-order valence-electron chi connectivity index (χ3n) is 6.71. The fourth-order valence-electron chi connectivity index (χ4n) is 4.90. The first kappa shape index (κ1) is 14.7. The fourth-order valence-corrected chi connectivity index (χ4v) is 4.90. The summed E-state index contributed by atoms with van der Waals surface area (Å²) in [5.41, 5.74) is 3.89. The van der Waals surface area contributed by atoms with Crippen molar-refractivity contribution >= 4 is 0 Å². The van der Waals surface area contributed by atoms with Crippen LogP contribution in [0.25, 0.3) is 0 Å². The molecule has 0 aromatic rings. The van der Waals surface area contributed by atoms with E-state index in [9.17, 15) is 0 Å². The van der Waals surface area contributed by atoms with Gasteiger partial charge in [0.1, 0.15) is 0 Å². The summed E-state index contributed by atoms with van der Waals surface area (Å²) in [6.45, 7) is 12.0. The van der Waals surface area contributed by atoms with Gasteiger partial charge in [-0.05, 0) is 67.1 Å². The van der Waals surface area contributed by atoms with Crippen LogP contribution in [0.2, 0.25) is 0 Å². The molecule has 0 aromatic carbocycles. The molecule has 3 aliphatic rings. The zero-order chi connectivity index (χ0) is 14.4. The predicted molar refractivity (Wildman–Crippen MR) is 87.5 cm³/mol. The van der Waals surface area contributed by atoms with Gasteiger partial charge in [0.2, 0.25) is 0 Å². The molecule has 0 aliphatic heterocycles. The first-order chi connectivity index (χ1) is 9.52. The molecule has 6 atom stereocenters. The van der Waals surface area contributed by atoms with Crippen LogP contribution in [0.3, 0.4) is 0 Å². The summed E-state index contributed by atoms with van der Waals surface area (Å²) >= 11 is 0. The lowest BCUT2D eigenvalue weighted by Gasteiger charge is -2.43. The van der Waals surface area contributed by atoms with Gasteiger partial charge in [-0.15, -0.1) is 0 Å². The van der Waals surface area contributed by atoms with Crippen LogP contribution in [0.5, 0.6) is 0 Å². The molecule has 114 valence electrons.